The maximum absolute atomic E-state index is 11.7. The number of carbonyl (C=O) groups excluding carboxylic acids is 2. The molecule has 0 spiro atoms. The molecular formula is C12H12ClN3O2. The number of hydrogen-bond donors (Lipinski definition) is 1. The summed E-state index contributed by atoms with van der Waals surface area (Å²) in [5.74, 6) is -0.273. The minimum absolute atomic E-state index is 0.0827. The summed E-state index contributed by atoms with van der Waals surface area (Å²) in [6, 6.07) is 7.96. The molecule has 6 heteroatoms. The van der Waals surface area contributed by atoms with Gasteiger partial charge in [0.1, 0.15) is 0 Å². The molecular weight excluding hydrogens is 254 g/mol. The molecule has 0 aliphatic rings. The molecule has 0 unspecified atom stereocenters. The van der Waals surface area contributed by atoms with E-state index in [1.807, 2.05) is 6.07 Å². The summed E-state index contributed by atoms with van der Waals surface area (Å²) in [7, 11) is 1.51. The SMILES string of the molecule is CN(C(=O)NC(=O)CCCl)c1cccc(C#N)c1. The smallest absolute Gasteiger partial charge is 0.297 e. The molecule has 1 aromatic rings. The zero-order valence-corrected chi connectivity index (χ0v) is 10.6. The lowest BCUT2D eigenvalue weighted by atomic mass is 10.2. The van der Waals surface area contributed by atoms with Gasteiger partial charge < -0.3 is 0 Å². The predicted molar refractivity (Wildman–Crippen MR) is 68.4 cm³/mol. The molecule has 0 radical (unpaired) electrons. The Kier molecular flexibility index (Phi) is 5.15. The number of carbonyl (C=O) groups is 2. The van der Waals surface area contributed by atoms with Crippen molar-refractivity contribution < 1.29 is 9.59 Å². The van der Waals surface area contributed by atoms with Crippen LogP contribution < -0.4 is 10.2 Å². The Labute approximate surface area is 110 Å². The Balaban J connectivity index is 2.74. The molecule has 5 nitrogen and oxygen atoms in total. The second-order valence-corrected chi connectivity index (χ2v) is 3.89. The standard InChI is InChI=1S/C12H12ClN3O2/c1-16(12(18)15-11(17)5-6-13)10-4-2-3-9(7-10)8-14/h2-4,7H,5-6H2,1H3,(H,15,17,18). The van der Waals surface area contributed by atoms with Crippen LogP contribution in [-0.2, 0) is 4.79 Å². The van der Waals surface area contributed by atoms with Gasteiger partial charge in [0.2, 0.25) is 5.91 Å². The lowest BCUT2D eigenvalue weighted by Gasteiger charge is -2.17. The van der Waals surface area contributed by atoms with E-state index in [9.17, 15) is 9.59 Å². The van der Waals surface area contributed by atoms with E-state index in [4.69, 9.17) is 16.9 Å². The first kappa shape index (κ1) is 14.0. The van der Waals surface area contributed by atoms with Gasteiger partial charge in [-0.25, -0.2) is 4.79 Å². The van der Waals surface area contributed by atoms with E-state index in [0.29, 0.717) is 11.3 Å². The van der Waals surface area contributed by atoms with E-state index in [1.54, 1.807) is 24.3 Å². The molecule has 0 aromatic heterocycles. The molecule has 1 rings (SSSR count). The van der Waals surface area contributed by atoms with E-state index in [2.05, 4.69) is 5.32 Å². The van der Waals surface area contributed by atoms with Crippen molar-refractivity contribution in [1.82, 2.24) is 5.32 Å². The second kappa shape index (κ2) is 6.62. The van der Waals surface area contributed by atoms with Gasteiger partial charge in [-0.2, -0.15) is 5.26 Å². The van der Waals surface area contributed by atoms with Gasteiger partial charge in [-0.05, 0) is 18.2 Å². The normalized spacial score (nSPS) is 9.39. The highest BCUT2D eigenvalue weighted by molar-refractivity contribution is 6.19. The average molecular weight is 266 g/mol. The lowest BCUT2D eigenvalue weighted by molar-refractivity contribution is -0.119. The van der Waals surface area contributed by atoms with Crippen molar-refractivity contribution in [2.24, 2.45) is 0 Å². The van der Waals surface area contributed by atoms with Gasteiger partial charge in [0.05, 0.1) is 11.6 Å². The van der Waals surface area contributed by atoms with Gasteiger partial charge in [0, 0.05) is 25.0 Å². The largest absolute Gasteiger partial charge is 0.328 e. The Morgan fingerprint density at radius 2 is 2.22 bits per heavy atom. The Morgan fingerprint density at radius 3 is 2.83 bits per heavy atom. The molecule has 1 aromatic carbocycles. The highest BCUT2D eigenvalue weighted by atomic mass is 35.5. The van der Waals surface area contributed by atoms with Gasteiger partial charge in [0.15, 0.2) is 0 Å². The van der Waals surface area contributed by atoms with Crippen LogP contribution in [0, 0.1) is 11.3 Å². The summed E-state index contributed by atoms with van der Waals surface area (Å²) >= 11 is 5.39. The lowest BCUT2D eigenvalue weighted by Crippen LogP contribution is -2.40. The second-order valence-electron chi connectivity index (χ2n) is 3.51. The highest BCUT2D eigenvalue weighted by Crippen LogP contribution is 2.14. The molecule has 0 bridgehead atoms. The number of alkyl halides is 1. The van der Waals surface area contributed by atoms with Crippen LogP contribution in [0.3, 0.4) is 0 Å². The minimum atomic E-state index is -0.555. The van der Waals surface area contributed by atoms with Crippen LogP contribution in [0.1, 0.15) is 12.0 Å². The quantitative estimate of drug-likeness (QED) is 0.848. The van der Waals surface area contributed by atoms with Crippen molar-refractivity contribution in [3.8, 4) is 6.07 Å². The first-order valence-electron chi connectivity index (χ1n) is 5.22. The van der Waals surface area contributed by atoms with Gasteiger partial charge in [-0.3, -0.25) is 15.0 Å². The summed E-state index contributed by atoms with van der Waals surface area (Å²) < 4.78 is 0. The number of benzene rings is 1. The van der Waals surface area contributed by atoms with Crippen molar-refractivity contribution in [3.63, 3.8) is 0 Å². The number of rotatable bonds is 3. The van der Waals surface area contributed by atoms with Crippen LogP contribution in [0.25, 0.3) is 0 Å². The zero-order valence-electron chi connectivity index (χ0n) is 9.81. The molecule has 3 amide bonds. The molecule has 0 atom stereocenters. The summed E-state index contributed by atoms with van der Waals surface area (Å²) in [6.45, 7) is 0. The number of urea groups is 1. The van der Waals surface area contributed by atoms with Gasteiger partial charge in [-0.15, -0.1) is 11.6 Å². The number of halogens is 1. The molecule has 0 aliphatic heterocycles. The van der Waals surface area contributed by atoms with E-state index >= 15 is 0 Å². The predicted octanol–water partition coefficient (Wildman–Crippen LogP) is 1.86. The maximum atomic E-state index is 11.7. The van der Waals surface area contributed by atoms with Crippen LogP contribution in [-0.4, -0.2) is 24.9 Å². The number of hydrogen-bond acceptors (Lipinski definition) is 3. The minimum Gasteiger partial charge on any atom is -0.297 e. The Hall–Kier alpha value is -2.06. The number of anilines is 1. The number of nitrogens with zero attached hydrogens (tertiary/aromatic N) is 2. The first-order valence-corrected chi connectivity index (χ1v) is 5.75. The fourth-order valence-electron chi connectivity index (χ4n) is 1.25. The van der Waals surface area contributed by atoms with Crippen LogP contribution >= 0.6 is 11.6 Å². The third-order valence-electron chi connectivity index (χ3n) is 2.24. The highest BCUT2D eigenvalue weighted by Gasteiger charge is 2.13. The zero-order chi connectivity index (χ0) is 13.5. The molecule has 18 heavy (non-hydrogen) atoms. The van der Waals surface area contributed by atoms with E-state index < -0.39 is 11.9 Å². The molecule has 0 saturated carbocycles. The molecule has 0 heterocycles. The van der Waals surface area contributed by atoms with Crippen molar-refractivity contribution in [2.75, 3.05) is 17.8 Å². The molecule has 0 aliphatic carbocycles. The number of imide groups is 1. The van der Waals surface area contributed by atoms with Gasteiger partial charge >= 0.3 is 6.03 Å². The third kappa shape index (κ3) is 3.75. The van der Waals surface area contributed by atoms with Crippen molar-refractivity contribution >= 4 is 29.2 Å². The summed E-state index contributed by atoms with van der Waals surface area (Å²) in [5.41, 5.74) is 0.976. The fraction of sp³-hybridized carbons (Fsp3) is 0.250. The Bertz CT molecular complexity index is 496. The fourth-order valence-corrected chi connectivity index (χ4v) is 1.42. The van der Waals surface area contributed by atoms with Crippen LogP contribution in [0.5, 0.6) is 0 Å². The number of nitriles is 1. The third-order valence-corrected chi connectivity index (χ3v) is 2.42. The van der Waals surface area contributed by atoms with Crippen molar-refractivity contribution in [1.29, 1.82) is 5.26 Å². The average Bonchev–Trinajstić information content (AvgIpc) is 2.38. The Morgan fingerprint density at radius 1 is 1.50 bits per heavy atom. The molecule has 0 fully saturated rings. The van der Waals surface area contributed by atoms with Gasteiger partial charge in [-0.1, -0.05) is 6.07 Å². The van der Waals surface area contributed by atoms with Crippen molar-refractivity contribution in [3.05, 3.63) is 29.8 Å². The maximum Gasteiger partial charge on any atom is 0.328 e. The van der Waals surface area contributed by atoms with E-state index in [1.165, 1.54) is 11.9 Å². The number of amides is 3. The molecule has 0 saturated heterocycles. The van der Waals surface area contributed by atoms with Crippen molar-refractivity contribution in [2.45, 2.75) is 6.42 Å². The number of nitrogens with one attached hydrogen (secondary N) is 1. The van der Waals surface area contributed by atoms with Gasteiger partial charge in [0.25, 0.3) is 0 Å². The first-order chi connectivity index (χ1) is 8.58. The van der Waals surface area contributed by atoms with E-state index in [0.717, 1.165) is 0 Å². The summed E-state index contributed by atoms with van der Waals surface area (Å²) in [6.07, 6.45) is 0.0827. The van der Waals surface area contributed by atoms with Crippen LogP contribution in [0.15, 0.2) is 24.3 Å². The topological polar surface area (TPSA) is 73.2 Å². The summed E-state index contributed by atoms with van der Waals surface area (Å²) in [4.78, 5) is 24.2. The monoisotopic (exact) mass is 265 g/mol. The van der Waals surface area contributed by atoms with Crippen LogP contribution in [0.2, 0.25) is 0 Å². The molecule has 94 valence electrons. The molecule has 1 N–H and O–H groups in total. The van der Waals surface area contributed by atoms with Crippen LogP contribution in [0.4, 0.5) is 10.5 Å². The summed E-state index contributed by atoms with van der Waals surface area (Å²) in [5, 5.41) is 11.0. The van der Waals surface area contributed by atoms with E-state index in [-0.39, 0.29) is 12.3 Å².